The Hall–Kier alpha value is -2.82. The van der Waals surface area contributed by atoms with E-state index in [-0.39, 0.29) is 13.2 Å². The zero-order valence-electron chi connectivity index (χ0n) is 13.6. The van der Waals surface area contributed by atoms with Gasteiger partial charge in [-0.2, -0.15) is 0 Å². The van der Waals surface area contributed by atoms with Crippen molar-refractivity contribution in [1.29, 1.82) is 0 Å². The van der Waals surface area contributed by atoms with E-state index < -0.39 is 18.1 Å². The SMILES string of the molecule is C[C@H](NC(=O)OCc1ccccc1)C(=O)OCCc1ccccc1. The van der Waals surface area contributed by atoms with Crippen molar-refractivity contribution in [3.8, 4) is 0 Å². The summed E-state index contributed by atoms with van der Waals surface area (Å²) in [5.74, 6) is -0.484. The summed E-state index contributed by atoms with van der Waals surface area (Å²) in [5.41, 5.74) is 1.97. The van der Waals surface area contributed by atoms with Crippen molar-refractivity contribution in [3.05, 3.63) is 71.8 Å². The third-order valence-corrected chi connectivity index (χ3v) is 3.38. The van der Waals surface area contributed by atoms with Crippen LogP contribution in [0.1, 0.15) is 18.1 Å². The molecule has 126 valence electrons. The first kappa shape index (κ1) is 17.5. The fraction of sp³-hybridized carbons (Fsp3) is 0.263. The number of carbonyl (C=O) groups is 2. The molecule has 0 heterocycles. The molecular formula is C19H21NO4. The summed E-state index contributed by atoms with van der Waals surface area (Å²) in [4.78, 5) is 23.5. The molecule has 2 aromatic rings. The quantitative estimate of drug-likeness (QED) is 0.794. The van der Waals surface area contributed by atoms with Gasteiger partial charge in [-0.1, -0.05) is 60.7 Å². The van der Waals surface area contributed by atoms with Gasteiger partial charge in [0.15, 0.2) is 0 Å². The van der Waals surface area contributed by atoms with Gasteiger partial charge in [0.05, 0.1) is 6.61 Å². The van der Waals surface area contributed by atoms with E-state index in [2.05, 4.69) is 5.32 Å². The summed E-state index contributed by atoms with van der Waals surface area (Å²) in [5, 5.41) is 2.46. The molecule has 1 N–H and O–H groups in total. The van der Waals surface area contributed by atoms with Crippen LogP contribution in [0.3, 0.4) is 0 Å². The lowest BCUT2D eigenvalue weighted by atomic mass is 10.2. The van der Waals surface area contributed by atoms with Crippen LogP contribution in [0.2, 0.25) is 0 Å². The Kier molecular flexibility index (Phi) is 6.83. The molecule has 0 aliphatic rings. The van der Waals surface area contributed by atoms with Crippen molar-refractivity contribution in [1.82, 2.24) is 5.32 Å². The van der Waals surface area contributed by atoms with Crippen LogP contribution in [0.4, 0.5) is 4.79 Å². The van der Waals surface area contributed by atoms with Gasteiger partial charge in [-0.15, -0.1) is 0 Å². The monoisotopic (exact) mass is 327 g/mol. The standard InChI is InChI=1S/C19H21NO4/c1-15(18(21)23-13-12-16-8-4-2-5-9-16)20-19(22)24-14-17-10-6-3-7-11-17/h2-11,15H,12-14H2,1H3,(H,20,22)/t15-/m0/s1. The van der Waals surface area contributed by atoms with Crippen LogP contribution in [0.25, 0.3) is 0 Å². The van der Waals surface area contributed by atoms with Gasteiger partial charge in [0.2, 0.25) is 0 Å². The van der Waals surface area contributed by atoms with E-state index in [9.17, 15) is 9.59 Å². The van der Waals surface area contributed by atoms with Crippen molar-refractivity contribution in [2.24, 2.45) is 0 Å². The van der Waals surface area contributed by atoms with Crippen molar-refractivity contribution in [2.45, 2.75) is 26.0 Å². The van der Waals surface area contributed by atoms with Crippen LogP contribution in [0.5, 0.6) is 0 Å². The van der Waals surface area contributed by atoms with E-state index in [0.717, 1.165) is 11.1 Å². The average Bonchev–Trinajstić information content (AvgIpc) is 2.61. The van der Waals surface area contributed by atoms with Crippen LogP contribution in [-0.2, 0) is 27.3 Å². The summed E-state index contributed by atoms with van der Waals surface area (Å²) in [6, 6.07) is 18.3. The zero-order valence-corrected chi connectivity index (χ0v) is 13.6. The third-order valence-electron chi connectivity index (χ3n) is 3.38. The highest BCUT2D eigenvalue weighted by Crippen LogP contribution is 2.02. The van der Waals surface area contributed by atoms with E-state index in [1.807, 2.05) is 60.7 Å². The molecule has 0 unspecified atom stereocenters. The fourth-order valence-electron chi connectivity index (χ4n) is 2.04. The molecule has 0 aliphatic heterocycles. The molecule has 2 aromatic carbocycles. The van der Waals surface area contributed by atoms with E-state index in [4.69, 9.17) is 9.47 Å². The van der Waals surface area contributed by atoms with Crippen molar-refractivity contribution in [3.63, 3.8) is 0 Å². The predicted octanol–water partition coefficient (Wildman–Crippen LogP) is 3.09. The highest BCUT2D eigenvalue weighted by atomic mass is 16.6. The molecule has 24 heavy (non-hydrogen) atoms. The number of ether oxygens (including phenoxy) is 2. The Morgan fingerprint density at radius 1 is 0.917 bits per heavy atom. The van der Waals surface area contributed by atoms with Crippen LogP contribution in [-0.4, -0.2) is 24.7 Å². The molecule has 0 aliphatic carbocycles. The molecule has 0 saturated carbocycles. The number of rotatable bonds is 7. The summed E-state index contributed by atoms with van der Waals surface area (Å²) in [6.07, 6.45) is -0.0102. The van der Waals surface area contributed by atoms with Crippen LogP contribution >= 0.6 is 0 Å². The topological polar surface area (TPSA) is 64.6 Å². The number of esters is 1. The molecular weight excluding hydrogens is 306 g/mol. The summed E-state index contributed by atoms with van der Waals surface area (Å²) in [6.45, 7) is 1.99. The fourth-order valence-corrected chi connectivity index (χ4v) is 2.04. The molecule has 0 aromatic heterocycles. The first-order valence-corrected chi connectivity index (χ1v) is 7.83. The smallest absolute Gasteiger partial charge is 0.408 e. The minimum atomic E-state index is -0.760. The Balaban J connectivity index is 1.66. The number of alkyl carbamates (subject to hydrolysis) is 1. The Morgan fingerprint density at radius 3 is 2.12 bits per heavy atom. The lowest BCUT2D eigenvalue weighted by Gasteiger charge is -2.13. The normalized spacial score (nSPS) is 11.4. The molecule has 1 atom stereocenters. The van der Waals surface area contributed by atoms with Crippen molar-refractivity contribution >= 4 is 12.1 Å². The average molecular weight is 327 g/mol. The van der Waals surface area contributed by atoms with Crippen molar-refractivity contribution < 1.29 is 19.1 Å². The molecule has 2 rings (SSSR count). The van der Waals surface area contributed by atoms with Gasteiger partial charge in [0.25, 0.3) is 0 Å². The second-order valence-corrected chi connectivity index (χ2v) is 5.33. The number of hydrogen-bond donors (Lipinski definition) is 1. The van der Waals surface area contributed by atoms with E-state index in [0.29, 0.717) is 6.42 Å². The zero-order chi connectivity index (χ0) is 17.2. The van der Waals surface area contributed by atoms with Gasteiger partial charge < -0.3 is 14.8 Å². The first-order chi connectivity index (χ1) is 11.6. The molecule has 1 amide bonds. The predicted molar refractivity (Wildman–Crippen MR) is 90.3 cm³/mol. The molecule has 5 nitrogen and oxygen atoms in total. The second kappa shape index (κ2) is 9.35. The van der Waals surface area contributed by atoms with Gasteiger partial charge in [-0.3, -0.25) is 0 Å². The molecule has 0 spiro atoms. The van der Waals surface area contributed by atoms with Gasteiger partial charge in [0.1, 0.15) is 12.6 Å². The van der Waals surface area contributed by atoms with E-state index in [1.54, 1.807) is 6.92 Å². The maximum atomic E-state index is 11.9. The molecule has 5 heteroatoms. The maximum absolute atomic E-state index is 11.9. The van der Waals surface area contributed by atoms with E-state index >= 15 is 0 Å². The number of amides is 1. The molecule has 0 saturated heterocycles. The minimum absolute atomic E-state index is 0.155. The molecule has 0 fully saturated rings. The lowest BCUT2D eigenvalue weighted by molar-refractivity contribution is -0.145. The summed E-state index contributed by atoms with van der Waals surface area (Å²) < 4.78 is 10.2. The van der Waals surface area contributed by atoms with Gasteiger partial charge >= 0.3 is 12.1 Å². The first-order valence-electron chi connectivity index (χ1n) is 7.83. The minimum Gasteiger partial charge on any atom is -0.464 e. The van der Waals surface area contributed by atoms with Crippen LogP contribution < -0.4 is 5.32 Å². The number of carbonyl (C=O) groups excluding carboxylic acids is 2. The lowest BCUT2D eigenvalue weighted by Crippen LogP contribution is -2.40. The second-order valence-electron chi connectivity index (χ2n) is 5.33. The third kappa shape index (κ3) is 6.12. The number of benzene rings is 2. The summed E-state index contributed by atoms with van der Waals surface area (Å²) in [7, 11) is 0. The van der Waals surface area contributed by atoms with Gasteiger partial charge in [-0.05, 0) is 18.1 Å². The van der Waals surface area contributed by atoms with E-state index in [1.165, 1.54) is 0 Å². The Morgan fingerprint density at radius 2 is 1.50 bits per heavy atom. The number of hydrogen-bond acceptors (Lipinski definition) is 4. The highest BCUT2D eigenvalue weighted by Gasteiger charge is 2.17. The highest BCUT2D eigenvalue weighted by molar-refractivity contribution is 5.80. The Labute approximate surface area is 141 Å². The van der Waals surface area contributed by atoms with Crippen LogP contribution in [0, 0.1) is 0 Å². The number of nitrogens with one attached hydrogen (secondary N) is 1. The Bertz CT molecular complexity index is 643. The van der Waals surface area contributed by atoms with Gasteiger partial charge in [-0.25, -0.2) is 9.59 Å². The molecule has 0 radical (unpaired) electrons. The largest absolute Gasteiger partial charge is 0.464 e. The van der Waals surface area contributed by atoms with Crippen molar-refractivity contribution in [2.75, 3.05) is 6.61 Å². The van der Waals surface area contributed by atoms with Gasteiger partial charge in [0, 0.05) is 6.42 Å². The maximum Gasteiger partial charge on any atom is 0.408 e. The summed E-state index contributed by atoms with van der Waals surface area (Å²) >= 11 is 0. The molecule has 0 bridgehead atoms. The van der Waals surface area contributed by atoms with Crippen LogP contribution in [0.15, 0.2) is 60.7 Å².